The fourth-order valence-corrected chi connectivity index (χ4v) is 2.59. The van der Waals surface area contributed by atoms with Crippen LogP contribution in [0.3, 0.4) is 0 Å². The van der Waals surface area contributed by atoms with E-state index in [1.54, 1.807) is 24.3 Å². The van der Waals surface area contributed by atoms with E-state index in [9.17, 15) is 9.59 Å². The van der Waals surface area contributed by atoms with Crippen molar-refractivity contribution in [1.29, 1.82) is 0 Å². The topological polar surface area (TPSA) is 64.0 Å². The van der Waals surface area contributed by atoms with Crippen LogP contribution in [0.5, 0.6) is 0 Å². The molecule has 0 unspecified atom stereocenters. The third kappa shape index (κ3) is 5.39. The van der Waals surface area contributed by atoms with Crippen LogP contribution < -0.4 is 10.9 Å². The highest BCUT2D eigenvalue weighted by molar-refractivity contribution is 6.30. The van der Waals surface area contributed by atoms with Gasteiger partial charge in [-0.2, -0.15) is 5.10 Å². The summed E-state index contributed by atoms with van der Waals surface area (Å²) in [6, 6.07) is 19.9. The van der Waals surface area contributed by atoms with E-state index in [1.165, 1.54) is 16.8 Å². The zero-order valence-electron chi connectivity index (χ0n) is 14.5. The summed E-state index contributed by atoms with van der Waals surface area (Å²) in [5, 5.41) is 7.74. The fraction of sp³-hybridized carbons (Fsp3) is 0.0952. The number of nitrogens with one attached hydrogen (secondary N) is 1. The predicted molar refractivity (Wildman–Crippen MR) is 107 cm³/mol. The van der Waals surface area contributed by atoms with Crippen LogP contribution in [0.25, 0.3) is 17.3 Å². The Labute approximate surface area is 161 Å². The van der Waals surface area contributed by atoms with Gasteiger partial charge in [0.25, 0.3) is 5.56 Å². The van der Waals surface area contributed by atoms with E-state index in [1.807, 2.05) is 42.5 Å². The molecule has 3 rings (SSSR count). The Morgan fingerprint density at radius 1 is 1.04 bits per heavy atom. The molecule has 0 aliphatic carbocycles. The van der Waals surface area contributed by atoms with E-state index in [2.05, 4.69) is 10.4 Å². The lowest BCUT2D eigenvalue weighted by molar-refractivity contribution is -0.116. The van der Waals surface area contributed by atoms with Gasteiger partial charge in [0.15, 0.2) is 0 Å². The molecule has 1 aromatic heterocycles. The molecule has 6 heteroatoms. The Hall–Kier alpha value is -3.18. The summed E-state index contributed by atoms with van der Waals surface area (Å²) < 4.78 is 1.34. The molecule has 3 aromatic rings. The molecule has 0 spiro atoms. The summed E-state index contributed by atoms with van der Waals surface area (Å²) in [6.07, 6.45) is 3.20. The van der Waals surface area contributed by atoms with E-state index >= 15 is 0 Å². The largest absolute Gasteiger partial charge is 0.351 e. The molecule has 0 radical (unpaired) electrons. The number of nitrogens with zero attached hydrogens (tertiary/aromatic N) is 2. The fourth-order valence-electron chi connectivity index (χ4n) is 2.46. The molecule has 0 aliphatic rings. The van der Waals surface area contributed by atoms with Crippen molar-refractivity contribution < 1.29 is 4.79 Å². The summed E-state index contributed by atoms with van der Waals surface area (Å²) in [4.78, 5) is 23.9. The summed E-state index contributed by atoms with van der Waals surface area (Å²) >= 11 is 5.90. The van der Waals surface area contributed by atoms with Crippen LogP contribution >= 0.6 is 11.6 Å². The third-order valence-electron chi connectivity index (χ3n) is 3.86. The second-order valence-corrected chi connectivity index (χ2v) is 6.26. The lowest BCUT2D eigenvalue weighted by Crippen LogP contribution is -2.31. The van der Waals surface area contributed by atoms with Crippen molar-refractivity contribution >= 4 is 23.6 Å². The van der Waals surface area contributed by atoms with Crippen molar-refractivity contribution in [3.63, 3.8) is 0 Å². The molecular weight excluding hydrogens is 362 g/mol. The Morgan fingerprint density at radius 3 is 2.52 bits per heavy atom. The molecule has 1 amide bonds. The van der Waals surface area contributed by atoms with Gasteiger partial charge in [-0.1, -0.05) is 54.1 Å². The number of benzene rings is 2. The molecule has 0 aliphatic heterocycles. The van der Waals surface area contributed by atoms with Crippen molar-refractivity contribution in [2.75, 3.05) is 6.54 Å². The van der Waals surface area contributed by atoms with Crippen LogP contribution in [0, 0.1) is 0 Å². The summed E-state index contributed by atoms with van der Waals surface area (Å²) in [7, 11) is 0. The standard InChI is InChI=1S/C21H18ClN3O2/c22-18-9-7-17(8-10-18)19-11-13-21(27)25(24-19)15-14-23-20(26)12-6-16-4-2-1-3-5-16/h1-13H,14-15H2,(H,23,26)/b12-6+. The molecule has 0 saturated carbocycles. The number of carbonyl (C=O) groups excluding carboxylic acids is 1. The molecule has 5 nitrogen and oxygen atoms in total. The van der Waals surface area contributed by atoms with Crippen LogP contribution in [-0.2, 0) is 11.3 Å². The Kier molecular flexibility index (Phi) is 6.18. The molecule has 136 valence electrons. The van der Waals surface area contributed by atoms with Gasteiger partial charge in [0, 0.05) is 29.3 Å². The molecule has 0 atom stereocenters. The molecular formula is C21H18ClN3O2. The molecule has 2 aromatic carbocycles. The number of rotatable bonds is 6. The number of amides is 1. The number of halogens is 1. The van der Waals surface area contributed by atoms with E-state index in [4.69, 9.17) is 11.6 Å². The SMILES string of the molecule is O=C(/C=C/c1ccccc1)NCCn1nc(-c2ccc(Cl)cc2)ccc1=O. The van der Waals surface area contributed by atoms with E-state index < -0.39 is 0 Å². The number of carbonyl (C=O) groups is 1. The highest BCUT2D eigenvalue weighted by Gasteiger charge is 2.04. The van der Waals surface area contributed by atoms with Crippen molar-refractivity contribution in [2.45, 2.75) is 6.54 Å². The molecule has 1 N–H and O–H groups in total. The maximum absolute atomic E-state index is 12.0. The van der Waals surface area contributed by atoms with E-state index in [-0.39, 0.29) is 18.0 Å². The number of hydrogen-bond donors (Lipinski definition) is 1. The van der Waals surface area contributed by atoms with E-state index in [0.29, 0.717) is 17.3 Å². The molecule has 27 heavy (non-hydrogen) atoms. The average molecular weight is 380 g/mol. The van der Waals surface area contributed by atoms with Crippen molar-refractivity contribution in [2.24, 2.45) is 0 Å². The van der Waals surface area contributed by atoms with Gasteiger partial charge in [-0.15, -0.1) is 0 Å². The van der Waals surface area contributed by atoms with Gasteiger partial charge in [-0.3, -0.25) is 9.59 Å². The average Bonchev–Trinajstić information content (AvgIpc) is 2.69. The molecule has 0 saturated heterocycles. The monoisotopic (exact) mass is 379 g/mol. The minimum absolute atomic E-state index is 0.221. The van der Waals surface area contributed by atoms with E-state index in [0.717, 1.165) is 11.1 Å². The Balaban J connectivity index is 1.60. The Bertz CT molecular complexity index is 996. The van der Waals surface area contributed by atoms with Gasteiger partial charge in [0.2, 0.25) is 5.91 Å². The van der Waals surface area contributed by atoms with Gasteiger partial charge in [0.05, 0.1) is 12.2 Å². The lowest BCUT2D eigenvalue weighted by Gasteiger charge is -2.08. The van der Waals surface area contributed by atoms with Gasteiger partial charge in [-0.25, -0.2) is 4.68 Å². The van der Waals surface area contributed by atoms with Crippen molar-refractivity contribution in [3.05, 3.63) is 93.7 Å². The summed E-state index contributed by atoms with van der Waals surface area (Å²) in [6.45, 7) is 0.583. The van der Waals surface area contributed by atoms with Crippen molar-refractivity contribution in [1.82, 2.24) is 15.1 Å². The third-order valence-corrected chi connectivity index (χ3v) is 4.11. The zero-order chi connectivity index (χ0) is 19.1. The molecule has 0 fully saturated rings. The first-order valence-corrected chi connectivity index (χ1v) is 8.85. The lowest BCUT2D eigenvalue weighted by atomic mass is 10.1. The van der Waals surface area contributed by atoms with Gasteiger partial charge >= 0.3 is 0 Å². The molecule has 0 bridgehead atoms. The summed E-state index contributed by atoms with van der Waals surface area (Å²) in [5.74, 6) is -0.222. The van der Waals surface area contributed by atoms with Crippen LogP contribution in [0.15, 0.2) is 77.6 Å². The van der Waals surface area contributed by atoms with Crippen LogP contribution in [0.4, 0.5) is 0 Å². The normalized spacial score (nSPS) is 10.9. The first kappa shape index (κ1) is 18.6. The second kappa shape index (κ2) is 8.96. The van der Waals surface area contributed by atoms with Gasteiger partial charge < -0.3 is 5.32 Å². The van der Waals surface area contributed by atoms with Crippen molar-refractivity contribution in [3.8, 4) is 11.3 Å². The maximum atomic E-state index is 12.0. The first-order valence-electron chi connectivity index (χ1n) is 8.47. The van der Waals surface area contributed by atoms with Gasteiger partial charge in [0.1, 0.15) is 0 Å². The number of aromatic nitrogens is 2. The van der Waals surface area contributed by atoms with Crippen LogP contribution in [-0.4, -0.2) is 22.2 Å². The minimum atomic E-state index is -0.222. The molecule has 1 heterocycles. The van der Waals surface area contributed by atoms with Gasteiger partial charge in [-0.05, 0) is 29.8 Å². The second-order valence-electron chi connectivity index (χ2n) is 5.82. The zero-order valence-corrected chi connectivity index (χ0v) is 15.3. The van der Waals surface area contributed by atoms with Crippen LogP contribution in [0.1, 0.15) is 5.56 Å². The predicted octanol–water partition coefficient (Wildman–Crippen LogP) is 3.39. The number of hydrogen-bond acceptors (Lipinski definition) is 3. The first-order chi connectivity index (χ1) is 13.1. The highest BCUT2D eigenvalue weighted by Crippen LogP contribution is 2.18. The van der Waals surface area contributed by atoms with Crippen LogP contribution in [0.2, 0.25) is 5.02 Å². The summed E-state index contributed by atoms with van der Waals surface area (Å²) in [5.41, 5.74) is 2.26. The Morgan fingerprint density at radius 2 is 1.78 bits per heavy atom. The quantitative estimate of drug-likeness (QED) is 0.668. The highest BCUT2D eigenvalue weighted by atomic mass is 35.5. The maximum Gasteiger partial charge on any atom is 0.266 e. The minimum Gasteiger partial charge on any atom is -0.351 e. The smallest absolute Gasteiger partial charge is 0.266 e.